The van der Waals surface area contributed by atoms with Gasteiger partial charge in [0.05, 0.1) is 12.5 Å². The summed E-state index contributed by atoms with van der Waals surface area (Å²) in [7, 11) is 0. The Morgan fingerprint density at radius 1 is 1.25 bits per heavy atom. The number of ether oxygens (including phenoxy) is 1. The Morgan fingerprint density at radius 3 is 2.75 bits per heavy atom. The van der Waals surface area contributed by atoms with Crippen molar-refractivity contribution in [2.75, 3.05) is 6.61 Å². The molecule has 0 aromatic rings. The van der Waals surface area contributed by atoms with Gasteiger partial charge in [-0.05, 0) is 24.2 Å². The van der Waals surface area contributed by atoms with Crippen LogP contribution in [0.3, 0.4) is 0 Å². The molecule has 1 saturated heterocycles. The molecule has 0 aromatic heterocycles. The van der Waals surface area contributed by atoms with Crippen molar-refractivity contribution in [3.05, 3.63) is 0 Å². The molecule has 2 rings (SSSR count). The number of carbonyl (C=O) groups is 1. The SMILES string of the molecule is CC1CC[C@@H]2[C@H](C)C(=O)OC[C@H]12. The van der Waals surface area contributed by atoms with E-state index in [-0.39, 0.29) is 11.9 Å². The maximum atomic E-state index is 11.2. The Bertz CT molecular complexity index is 200. The zero-order chi connectivity index (χ0) is 8.72. The second-order valence-corrected chi connectivity index (χ2v) is 4.30. The Balaban J connectivity index is 2.14. The minimum atomic E-state index is 0.0188. The first-order chi connectivity index (χ1) is 5.70. The van der Waals surface area contributed by atoms with Crippen molar-refractivity contribution in [1.29, 1.82) is 0 Å². The fourth-order valence-electron chi connectivity index (χ4n) is 2.70. The maximum Gasteiger partial charge on any atom is 0.308 e. The summed E-state index contributed by atoms with van der Waals surface area (Å²) in [6, 6.07) is 0. The predicted molar refractivity (Wildman–Crippen MR) is 45.5 cm³/mol. The van der Waals surface area contributed by atoms with Crippen molar-refractivity contribution in [3.63, 3.8) is 0 Å². The number of carbonyl (C=O) groups excluding carboxylic acids is 1. The van der Waals surface area contributed by atoms with Gasteiger partial charge in [-0.15, -0.1) is 0 Å². The lowest BCUT2D eigenvalue weighted by atomic mass is 9.81. The van der Waals surface area contributed by atoms with Gasteiger partial charge in [-0.3, -0.25) is 4.79 Å². The highest BCUT2D eigenvalue weighted by atomic mass is 16.5. The molecule has 1 saturated carbocycles. The first-order valence-electron chi connectivity index (χ1n) is 4.87. The molecule has 0 radical (unpaired) electrons. The van der Waals surface area contributed by atoms with Gasteiger partial charge in [0.1, 0.15) is 0 Å². The minimum absolute atomic E-state index is 0.0188. The van der Waals surface area contributed by atoms with E-state index in [1.54, 1.807) is 0 Å². The Kier molecular flexibility index (Phi) is 1.85. The molecule has 1 aliphatic carbocycles. The topological polar surface area (TPSA) is 26.3 Å². The van der Waals surface area contributed by atoms with Crippen molar-refractivity contribution in [3.8, 4) is 0 Å². The van der Waals surface area contributed by atoms with Crippen molar-refractivity contribution < 1.29 is 9.53 Å². The Hall–Kier alpha value is -0.530. The van der Waals surface area contributed by atoms with Crippen molar-refractivity contribution in [2.45, 2.75) is 26.7 Å². The number of rotatable bonds is 0. The lowest BCUT2D eigenvalue weighted by Gasteiger charge is -2.31. The summed E-state index contributed by atoms with van der Waals surface area (Å²) in [5, 5.41) is 0. The maximum absolute atomic E-state index is 11.2. The van der Waals surface area contributed by atoms with Gasteiger partial charge in [0.2, 0.25) is 0 Å². The lowest BCUT2D eigenvalue weighted by Crippen LogP contribution is -2.36. The molecule has 1 aliphatic heterocycles. The van der Waals surface area contributed by atoms with E-state index in [4.69, 9.17) is 4.74 Å². The lowest BCUT2D eigenvalue weighted by molar-refractivity contribution is -0.159. The predicted octanol–water partition coefficient (Wildman–Crippen LogP) is 1.84. The highest BCUT2D eigenvalue weighted by Gasteiger charge is 2.43. The first-order valence-corrected chi connectivity index (χ1v) is 4.87. The van der Waals surface area contributed by atoms with Crippen LogP contribution in [0.5, 0.6) is 0 Å². The molecule has 0 N–H and O–H groups in total. The second-order valence-electron chi connectivity index (χ2n) is 4.30. The molecule has 0 bridgehead atoms. The number of esters is 1. The molecule has 68 valence electrons. The summed E-state index contributed by atoms with van der Waals surface area (Å²) < 4.78 is 5.14. The van der Waals surface area contributed by atoms with Crippen LogP contribution in [-0.4, -0.2) is 12.6 Å². The van der Waals surface area contributed by atoms with Crippen LogP contribution < -0.4 is 0 Å². The summed E-state index contributed by atoms with van der Waals surface area (Å²) >= 11 is 0. The summed E-state index contributed by atoms with van der Waals surface area (Å²) in [6.45, 7) is 4.96. The smallest absolute Gasteiger partial charge is 0.308 e. The van der Waals surface area contributed by atoms with Crippen LogP contribution >= 0.6 is 0 Å². The largest absolute Gasteiger partial charge is 0.465 e. The second kappa shape index (κ2) is 2.75. The first kappa shape index (κ1) is 8.09. The molecular formula is C10H16O2. The molecule has 12 heavy (non-hydrogen) atoms. The van der Waals surface area contributed by atoms with Gasteiger partial charge in [0.25, 0.3) is 0 Å². The number of hydrogen-bond acceptors (Lipinski definition) is 2. The average Bonchev–Trinajstić information content (AvgIpc) is 2.41. The minimum Gasteiger partial charge on any atom is -0.465 e. The van der Waals surface area contributed by atoms with Gasteiger partial charge < -0.3 is 4.74 Å². The van der Waals surface area contributed by atoms with Gasteiger partial charge in [0, 0.05) is 0 Å². The molecule has 2 nitrogen and oxygen atoms in total. The van der Waals surface area contributed by atoms with Crippen molar-refractivity contribution >= 4 is 5.97 Å². The average molecular weight is 168 g/mol. The molecule has 1 heterocycles. The number of fused-ring (bicyclic) bond motifs is 1. The van der Waals surface area contributed by atoms with E-state index in [9.17, 15) is 4.79 Å². The third-order valence-electron chi connectivity index (χ3n) is 3.67. The Morgan fingerprint density at radius 2 is 2.00 bits per heavy atom. The fourth-order valence-corrected chi connectivity index (χ4v) is 2.70. The summed E-state index contributed by atoms with van der Waals surface area (Å²) in [5.41, 5.74) is 0. The fraction of sp³-hybridized carbons (Fsp3) is 0.900. The number of cyclic esters (lactones) is 1. The van der Waals surface area contributed by atoms with Crippen LogP contribution in [0.1, 0.15) is 26.7 Å². The van der Waals surface area contributed by atoms with Crippen LogP contribution in [0.2, 0.25) is 0 Å². The van der Waals surface area contributed by atoms with Gasteiger partial charge in [0.15, 0.2) is 0 Å². The van der Waals surface area contributed by atoms with Gasteiger partial charge in [-0.2, -0.15) is 0 Å². The third-order valence-corrected chi connectivity index (χ3v) is 3.67. The van der Waals surface area contributed by atoms with Gasteiger partial charge >= 0.3 is 5.97 Å². The molecule has 0 aromatic carbocycles. The van der Waals surface area contributed by atoms with E-state index in [1.807, 2.05) is 6.92 Å². The zero-order valence-electron chi connectivity index (χ0n) is 7.75. The standard InChI is InChI=1S/C10H16O2/c1-6-3-4-8-7(2)10(11)12-5-9(6)8/h6-9H,3-5H2,1-2H3/t6?,7-,8+,9+/m0/s1. The van der Waals surface area contributed by atoms with E-state index in [0.717, 1.165) is 5.92 Å². The van der Waals surface area contributed by atoms with Crippen LogP contribution in [0.25, 0.3) is 0 Å². The summed E-state index contributed by atoms with van der Waals surface area (Å²) in [6.07, 6.45) is 2.50. The van der Waals surface area contributed by atoms with Crippen LogP contribution in [0.15, 0.2) is 0 Å². The van der Waals surface area contributed by atoms with Crippen LogP contribution in [0, 0.1) is 23.7 Å². The van der Waals surface area contributed by atoms with Gasteiger partial charge in [-0.25, -0.2) is 0 Å². The summed E-state index contributed by atoms with van der Waals surface area (Å²) in [5.74, 6) is 2.18. The normalized spacial score (nSPS) is 47.0. The van der Waals surface area contributed by atoms with Crippen molar-refractivity contribution in [1.82, 2.24) is 0 Å². The zero-order valence-corrected chi connectivity index (χ0v) is 7.75. The molecule has 4 atom stereocenters. The van der Waals surface area contributed by atoms with E-state index < -0.39 is 0 Å². The highest BCUT2D eigenvalue weighted by Crippen LogP contribution is 2.43. The molecule has 0 spiro atoms. The van der Waals surface area contributed by atoms with Crippen LogP contribution in [-0.2, 0) is 9.53 Å². The molecule has 2 heteroatoms. The van der Waals surface area contributed by atoms with Crippen molar-refractivity contribution in [2.24, 2.45) is 23.7 Å². The number of hydrogen-bond donors (Lipinski definition) is 0. The summed E-state index contributed by atoms with van der Waals surface area (Å²) in [4.78, 5) is 11.2. The van der Waals surface area contributed by atoms with Crippen LogP contribution in [0.4, 0.5) is 0 Å². The molecule has 0 amide bonds. The molecule has 2 aliphatic rings. The monoisotopic (exact) mass is 168 g/mol. The highest BCUT2D eigenvalue weighted by molar-refractivity contribution is 5.73. The molecular weight excluding hydrogens is 152 g/mol. The molecule has 2 fully saturated rings. The van der Waals surface area contributed by atoms with Gasteiger partial charge in [-0.1, -0.05) is 20.3 Å². The third kappa shape index (κ3) is 1.05. The quantitative estimate of drug-likeness (QED) is 0.516. The van der Waals surface area contributed by atoms with E-state index in [1.165, 1.54) is 12.8 Å². The van der Waals surface area contributed by atoms with E-state index in [2.05, 4.69) is 6.92 Å². The van der Waals surface area contributed by atoms with E-state index in [0.29, 0.717) is 18.4 Å². The Labute approximate surface area is 73.3 Å². The molecule has 1 unspecified atom stereocenters. The van der Waals surface area contributed by atoms with E-state index >= 15 is 0 Å².